The molecule has 1 amide bonds. The summed E-state index contributed by atoms with van der Waals surface area (Å²) in [4.78, 5) is 13.0. The van der Waals surface area contributed by atoms with E-state index in [1.54, 1.807) is 17.4 Å². The molecule has 1 aliphatic rings. The van der Waals surface area contributed by atoms with E-state index in [2.05, 4.69) is 20.8 Å². The molecular weight excluding hydrogens is 308 g/mol. The highest BCUT2D eigenvalue weighted by molar-refractivity contribution is 7.10. The van der Waals surface area contributed by atoms with Gasteiger partial charge in [0.25, 0.3) is 0 Å². The van der Waals surface area contributed by atoms with Crippen LogP contribution in [0, 0.1) is 0 Å². The van der Waals surface area contributed by atoms with Crippen LogP contribution in [0.3, 0.4) is 0 Å². The molecule has 122 valence electrons. The Morgan fingerprint density at radius 3 is 2.48 bits per heavy atom. The van der Waals surface area contributed by atoms with Gasteiger partial charge >= 0.3 is 0 Å². The van der Waals surface area contributed by atoms with Gasteiger partial charge in [-0.05, 0) is 36.4 Å². The normalized spacial score (nSPS) is 15.8. The Bertz CT molecular complexity index is 604. The zero-order chi connectivity index (χ0) is 15.9. The number of anilines is 2. The lowest BCUT2D eigenvalue weighted by Gasteiger charge is -2.16. The fourth-order valence-corrected chi connectivity index (χ4v) is 3.57. The Balaban J connectivity index is 1.51. The summed E-state index contributed by atoms with van der Waals surface area (Å²) >= 11 is 1.58. The van der Waals surface area contributed by atoms with Crippen LogP contribution in [0.4, 0.5) is 11.6 Å². The maximum absolute atomic E-state index is 11.9. The highest BCUT2D eigenvalue weighted by Crippen LogP contribution is 2.20. The quantitative estimate of drug-likeness (QED) is 0.817. The summed E-state index contributed by atoms with van der Waals surface area (Å²) in [6.07, 6.45) is 7.99. The SMILES string of the molecule is O=C(Cc1cccs1)Nc1ccc(NC2CCCCCC2)nn1. The van der Waals surface area contributed by atoms with Gasteiger partial charge in [-0.2, -0.15) is 0 Å². The zero-order valence-electron chi connectivity index (χ0n) is 13.1. The van der Waals surface area contributed by atoms with E-state index in [-0.39, 0.29) is 5.91 Å². The Labute approximate surface area is 140 Å². The van der Waals surface area contributed by atoms with E-state index < -0.39 is 0 Å². The van der Waals surface area contributed by atoms with E-state index in [4.69, 9.17) is 0 Å². The Hall–Kier alpha value is -1.95. The van der Waals surface area contributed by atoms with Gasteiger partial charge in [-0.25, -0.2) is 0 Å². The van der Waals surface area contributed by atoms with Crippen molar-refractivity contribution < 1.29 is 4.79 Å². The van der Waals surface area contributed by atoms with E-state index in [9.17, 15) is 4.79 Å². The predicted molar refractivity (Wildman–Crippen MR) is 93.8 cm³/mol. The minimum atomic E-state index is -0.0637. The number of thiophene rings is 1. The first-order valence-electron chi connectivity index (χ1n) is 8.22. The molecule has 1 fully saturated rings. The molecule has 6 heteroatoms. The summed E-state index contributed by atoms with van der Waals surface area (Å²) in [5.41, 5.74) is 0. The van der Waals surface area contributed by atoms with Crippen LogP contribution in [-0.2, 0) is 11.2 Å². The molecule has 0 spiro atoms. The Morgan fingerprint density at radius 1 is 1.09 bits per heavy atom. The molecule has 1 saturated carbocycles. The summed E-state index contributed by atoms with van der Waals surface area (Å²) in [5, 5.41) is 16.5. The second-order valence-electron chi connectivity index (χ2n) is 5.94. The molecular formula is C17H22N4OS. The lowest BCUT2D eigenvalue weighted by Crippen LogP contribution is -2.20. The maximum Gasteiger partial charge on any atom is 0.230 e. The molecule has 0 atom stereocenters. The molecule has 2 heterocycles. The van der Waals surface area contributed by atoms with Crippen LogP contribution in [0.1, 0.15) is 43.4 Å². The van der Waals surface area contributed by atoms with Crippen molar-refractivity contribution in [2.75, 3.05) is 10.6 Å². The first kappa shape index (κ1) is 15.9. The van der Waals surface area contributed by atoms with Crippen LogP contribution >= 0.6 is 11.3 Å². The molecule has 0 unspecified atom stereocenters. The molecule has 1 aliphatic carbocycles. The lowest BCUT2D eigenvalue weighted by atomic mass is 10.1. The predicted octanol–water partition coefficient (Wildman–Crippen LogP) is 3.85. The standard InChI is InChI=1S/C17H22N4OS/c22-17(12-14-8-5-11-23-14)19-16-10-9-15(20-21-16)18-13-6-3-1-2-4-7-13/h5,8-11,13H,1-4,6-7,12H2,(H,18,20)(H,19,21,22). The summed E-state index contributed by atoms with van der Waals surface area (Å²) in [6, 6.07) is 8.08. The molecule has 0 radical (unpaired) electrons. The van der Waals surface area contributed by atoms with Gasteiger partial charge < -0.3 is 10.6 Å². The summed E-state index contributed by atoms with van der Waals surface area (Å²) in [7, 11) is 0. The number of rotatable bonds is 5. The fourth-order valence-electron chi connectivity index (χ4n) is 2.87. The van der Waals surface area contributed by atoms with Crippen LogP contribution in [0.5, 0.6) is 0 Å². The van der Waals surface area contributed by atoms with E-state index in [0.29, 0.717) is 18.3 Å². The van der Waals surface area contributed by atoms with Crippen molar-refractivity contribution in [3.63, 3.8) is 0 Å². The second kappa shape index (κ2) is 8.06. The van der Waals surface area contributed by atoms with Crippen LogP contribution in [0.2, 0.25) is 0 Å². The molecule has 2 aromatic rings. The monoisotopic (exact) mass is 330 g/mol. The first-order valence-corrected chi connectivity index (χ1v) is 9.10. The van der Waals surface area contributed by atoms with Crippen molar-refractivity contribution >= 4 is 28.9 Å². The number of carbonyl (C=O) groups excluding carboxylic acids is 1. The number of aromatic nitrogens is 2. The second-order valence-corrected chi connectivity index (χ2v) is 6.97. The lowest BCUT2D eigenvalue weighted by molar-refractivity contribution is -0.115. The number of carbonyl (C=O) groups is 1. The van der Waals surface area contributed by atoms with Gasteiger partial charge in [0.05, 0.1) is 6.42 Å². The number of hydrogen-bond acceptors (Lipinski definition) is 5. The molecule has 5 nitrogen and oxygen atoms in total. The molecule has 0 saturated heterocycles. The van der Waals surface area contributed by atoms with Crippen molar-refractivity contribution in [2.45, 2.75) is 51.0 Å². The van der Waals surface area contributed by atoms with E-state index in [0.717, 1.165) is 10.7 Å². The van der Waals surface area contributed by atoms with E-state index >= 15 is 0 Å². The van der Waals surface area contributed by atoms with Crippen molar-refractivity contribution in [3.8, 4) is 0 Å². The van der Waals surface area contributed by atoms with Gasteiger partial charge in [-0.15, -0.1) is 21.5 Å². The smallest absolute Gasteiger partial charge is 0.230 e. The molecule has 2 aromatic heterocycles. The van der Waals surface area contributed by atoms with E-state index in [1.807, 2.05) is 23.6 Å². The van der Waals surface area contributed by atoms with Gasteiger partial charge in [-0.3, -0.25) is 4.79 Å². The highest BCUT2D eigenvalue weighted by Gasteiger charge is 2.13. The molecule has 0 aromatic carbocycles. The third kappa shape index (κ3) is 5.03. The molecule has 0 aliphatic heterocycles. The van der Waals surface area contributed by atoms with Crippen LogP contribution in [-0.4, -0.2) is 22.1 Å². The average Bonchev–Trinajstić information content (AvgIpc) is 2.91. The molecule has 2 N–H and O–H groups in total. The minimum absolute atomic E-state index is 0.0637. The zero-order valence-corrected chi connectivity index (χ0v) is 13.9. The highest BCUT2D eigenvalue weighted by atomic mass is 32.1. The van der Waals surface area contributed by atoms with Gasteiger partial charge in [0.15, 0.2) is 5.82 Å². The van der Waals surface area contributed by atoms with Crippen molar-refractivity contribution in [1.29, 1.82) is 0 Å². The third-order valence-corrected chi connectivity index (χ3v) is 4.93. The third-order valence-electron chi connectivity index (χ3n) is 4.05. The van der Waals surface area contributed by atoms with Crippen LogP contribution < -0.4 is 10.6 Å². The van der Waals surface area contributed by atoms with Gasteiger partial charge in [0, 0.05) is 10.9 Å². The Kier molecular flexibility index (Phi) is 5.58. The summed E-state index contributed by atoms with van der Waals surface area (Å²) in [6.45, 7) is 0. The molecule has 3 rings (SSSR count). The average molecular weight is 330 g/mol. The largest absolute Gasteiger partial charge is 0.366 e. The fraction of sp³-hybridized carbons (Fsp3) is 0.471. The first-order chi connectivity index (χ1) is 11.3. The van der Waals surface area contributed by atoms with Gasteiger partial charge in [0.1, 0.15) is 5.82 Å². The van der Waals surface area contributed by atoms with Crippen LogP contribution in [0.25, 0.3) is 0 Å². The molecule has 23 heavy (non-hydrogen) atoms. The summed E-state index contributed by atoms with van der Waals surface area (Å²) in [5.74, 6) is 1.22. The number of nitrogens with zero attached hydrogens (tertiary/aromatic N) is 2. The number of hydrogen-bond donors (Lipinski definition) is 2. The Morgan fingerprint density at radius 2 is 1.83 bits per heavy atom. The van der Waals surface area contributed by atoms with Crippen molar-refractivity contribution in [3.05, 3.63) is 34.5 Å². The maximum atomic E-state index is 11.9. The topological polar surface area (TPSA) is 66.9 Å². The van der Waals surface area contributed by atoms with Crippen molar-refractivity contribution in [1.82, 2.24) is 10.2 Å². The number of nitrogens with one attached hydrogen (secondary N) is 2. The van der Waals surface area contributed by atoms with Crippen molar-refractivity contribution in [2.24, 2.45) is 0 Å². The van der Waals surface area contributed by atoms with E-state index in [1.165, 1.54) is 38.5 Å². The van der Waals surface area contributed by atoms with Gasteiger partial charge in [0.2, 0.25) is 5.91 Å². The van der Waals surface area contributed by atoms with Gasteiger partial charge in [-0.1, -0.05) is 31.7 Å². The number of amides is 1. The molecule has 0 bridgehead atoms. The summed E-state index contributed by atoms with van der Waals surface area (Å²) < 4.78 is 0. The minimum Gasteiger partial charge on any atom is -0.366 e. The van der Waals surface area contributed by atoms with Crippen LogP contribution in [0.15, 0.2) is 29.6 Å².